The van der Waals surface area contributed by atoms with Crippen molar-refractivity contribution in [2.75, 3.05) is 45.3 Å². The normalized spacial score (nSPS) is 13.7. The summed E-state index contributed by atoms with van der Waals surface area (Å²) < 4.78 is 16.6. The Hall–Kier alpha value is -4.25. The van der Waals surface area contributed by atoms with Gasteiger partial charge in [-0.1, -0.05) is 30.3 Å². The average molecular weight is 444 g/mol. The van der Waals surface area contributed by atoms with Gasteiger partial charge in [-0.05, 0) is 24.3 Å². The second-order valence-corrected chi connectivity index (χ2v) is 7.37. The topological polar surface area (TPSA) is 91.8 Å². The highest BCUT2D eigenvalue weighted by Crippen LogP contribution is 2.26. The Bertz CT molecular complexity index is 1200. The zero-order valence-electron chi connectivity index (χ0n) is 18.5. The Labute approximate surface area is 192 Å². The predicted molar refractivity (Wildman–Crippen MR) is 124 cm³/mol. The molecule has 0 unspecified atom stereocenters. The summed E-state index contributed by atoms with van der Waals surface area (Å²) in [5.74, 6) is 1.96. The predicted octanol–water partition coefficient (Wildman–Crippen LogP) is 3.70. The van der Waals surface area contributed by atoms with Gasteiger partial charge in [0.05, 0.1) is 19.8 Å². The van der Waals surface area contributed by atoms with Crippen LogP contribution in [-0.4, -0.2) is 56.2 Å². The molecule has 168 valence electrons. The standard InChI is InChI=1S/C25H24N4O4/c1-31-21-9-5-3-7-18(21)11-12-23-27-20(17-26)25(33-23)29-15-13-28(14-16-29)24(30)19-8-4-6-10-22(19)32-2/h3-12H,13-16H2,1-2H3. The van der Waals surface area contributed by atoms with E-state index in [0.29, 0.717) is 49.3 Å². The van der Waals surface area contributed by atoms with Crippen LogP contribution in [0.25, 0.3) is 12.2 Å². The molecule has 0 atom stereocenters. The number of ether oxygens (including phenoxy) is 2. The van der Waals surface area contributed by atoms with Crippen molar-refractivity contribution in [2.45, 2.75) is 0 Å². The lowest BCUT2D eigenvalue weighted by Gasteiger charge is -2.34. The maximum absolute atomic E-state index is 12.9. The number of hydrogen-bond acceptors (Lipinski definition) is 7. The van der Waals surface area contributed by atoms with E-state index in [1.807, 2.05) is 47.4 Å². The Morgan fingerprint density at radius 3 is 2.36 bits per heavy atom. The molecule has 1 aromatic heterocycles. The molecule has 1 fully saturated rings. The van der Waals surface area contributed by atoms with Crippen LogP contribution >= 0.6 is 0 Å². The molecular formula is C25H24N4O4. The van der Waals surface area contributed by atoms with Crippen molar-refractivity contribution >= 4 is 23.9 Å². The number of para-hydroxylation sites is 2. The number of anilines is 1. The number of hydrogen-bond donors (Lipinski definition) is 0. The summed E-state index contributed by atoms with van der Waals surface area (Å²) in [6.07, 6.45) is 3.54. The van der Waals surface area contributed by atoms with Crippen molar-refractivity contribution in [2.24, 2.45) is 0 Å². The van der Waals surface area contributed by atoms with Gasteiger partial charge in [0, 0.05) is 37.8 Å². The summed E-state index contributed by atoms with van der Waals surface area (Å²) in [4.78, 5) is 21.0. The number of benzene rings is 2. The van der Waals surface area contributed by atoms with Gasteiger partial charge >= 0.3 is 0 Å². The zero-order valence-corrected chi connectivity index (χ0v) is 18.5. The first kappa shape index (κ1) is 22.0. The van der Waals surface area contributed by atoms with Crippen LogP contribution in [0.1, 0.15) is 27.5 Å². The lowest BCUT2D eigenvalue weighted by Crippen LogP contribution is -2.49. The van der Waals surface area contributed by atoms with E-state index in [1.54, 1.807) is 37.3 Å². The van der Waals surface area contributed by atoms with Crippen LogP contribution < -0.4 is 14.4 Å². The molecular weight excluding hydrogens is 420 g/mol. The lowest BCUT2D eigenvalue weighted by molar-refractivity contribution is 0.0742. The molecule has 8 nitrogen and oxygen atoms in total. The van der Waals surface area contributed by atoms with Crippen LogP contribution in [0, 0.1) is 11.3 Å². The fourth-order valence-electron chi connectivity index (χ4n) is 3.76. The van der Waals surface area contributed by atoms with Crippen LogP contribution in [0.3, 0.4) is 0 Å². The van der Waals surface area contributed by atoms with Crippen molar-refractivity contribution in [3.8, 4) is 17.6 Å². The van der Waals surface area contributed by atoms with Gasteiger partial charge < -0.3 is 23.7 Å². The zero-order chi connectivity index (χ0) is 23.2. The second kappa shape index (κ2) is 9.92. The molecule has 4 rings (SSSR count). The van der Waals surface area contributed by atoms with E-state index in [0.717, 1.165) is 11.3 Å². The van der Waals surface area contributed by atoms with Gasteiger partial charge in [-0.25, -0.2) is 0 Å². The minimum Gasteiger partial charge on any atom is -0.496 e. The first-order chi connectivity index (χ1) is 16.1. The molecule has 1 saturated heterocycles. The van der Waals surface area contributed by atoms with Gasteiger partial charge in [0.25, 0.3) is 5.91 Å². The smallest absolute Gasteiger partial charge is 0.257 e. The second-order valence-electron chi connectivity index (χ2n) is 7.37. The van der Waals surface area contributed by atoms with E-state index in [9.17, 15) is 10.1 Å². The maximum atomic E-state index is 12.9. The molecule has 0 radical (unpaired) electrons. The van der Waals surface area contributed by atoms with Crippen molar-refractivity contribution < 1.29 is 18.7 Å². The monoisotopic (exact) mass is 444 g/mol. The number of aromatic nitrogens is 1. The highest BCUT2D eigenvalue weighted by atomic mass is 16.5. The van der Waals surface area contributed by atoms with Crippen LogP contribution in [0.5, 0.6) is 11.5 Å². The SMILES string of the molecule is COc1ccccc1C=Cc1nc(C#N)c(N2CCN(C(=O)c3ccccc3OC)CC2)o1. The minimum atomic E-state index is -0.0781. The van der Waals surface area contributed by atoms with Gasteiger partial charge in [0.15, 0.2) is 0 Å². The molecule has 0 aliphatic carbocycles. The van der Waals surface area contributed by atoms with Crippen molar-refractivity contribution in [3.05, 3.63) is 71.2 Å². The summed E-state index contributed by atoms with van der Waals surface area (Å²) in [5, 5.41) is 9.55. The third kappa shape index (κ3) is 4.67. The van der Waals surface area contributed by atoms with Gasteiger partial charge in [0.2, 0.25) is 17.5 Å². The summed E-state index contributed by atoms with van der Waals surface area (Å²) >= 11 is 0. The summed E-state index contributed by atoms with van der Waals surface area (Å²) in [6, 6.07) is 16.9. The number of piperazine rings is 1. The Kier molecular flexibility index (Phi) is 6.60. The van der Waals surface area contributed by atoms with Crippen molar-refractivity contribution in [3.63, 3.8) is 0 Å². The molecule has 33 heavy (non-hydrogen) atoms. The van der Waals surface area contributed by atoms with Crippen molar-refractivity contribution in [1.82, 2.24) is 9.88 Å². The Balaban J connectivity index is 1.46. The van der Waals surface area contributed by atoms with E-state index in [-0.39, 0.29) is 11.6 Å². The molecule has 3 aromatic rings. The molecule has 0 bridgehead atoms. The lowest BCUT2D eigenvalue weighted by atomic mass is 10.1. The Morgan fingerprint density at radius 2 is 1.67 bits per heavy atom. The average Bonchev–Trinajstić information content (AvgIpc) is 3.30. The van der Waals surface area contributed by atoms with Crippen molar-refractivity contribution in [1.29, 1.82) is 5.26 Å². The first-order valence-corrected chi connectivity index (χ1v) is 10.5. The van der Waals surface area contributed by atoms with Gasteiger partial charge in [-0.2, -0.15) is 10.2 Å². The molecule has 1 aliphatic heterocycles. The molecule has 1 aliphatic rings. The van der Waals surface area contributed by atoms with Gasteiger partial charge in [0.1, 0.15) is 17.6 Å². The molecule has 0 spiro atoms. The number of nitrogens with zero attached hydrogens (tertiary/aromatic N) is 4. The summed E-state index contributed by atoms with van der Waals surface area (Å²) in [7, 11) is 3.17. The summed E-state index contributed by atoms with van der Waals surface area (Å²) in [6.45, 7) is 2.05. The quantitative estimate of drug-likeness (QED) is 0.572. The minimum absolute atomic E-state index is 0.0781. The fourth-order valence-corrected chi connectivity index (χ4v) is 3.76. The fraction of sp³-hybridized carbons (Fsp3) is 0.240. The van der Waals surface area contributed by atoms with Crippen LogP contribution in [0.2, 0.25) is 0 Å². The van der Waals surface area contributed by atoms with Crippen LogP contribution in [0.15, 0.2) is 52.9 Å². The number of nitriles is 1. The van der Waals surface area contributed by atoms with E-state index in [1.165, 1.54) is 0 Å². The number of amides is 1. The van der Waals surface area contributed by atoms with Gasteiger partial charge in [-0.3, -0.25) is 4.79 Å². The largest absolute Gasteiger partial charge is 0.496 e. The number of carbonyl (C=O) groups is 1. The molecule has 8 heteroatoms. The number of carbonyl (C=O) groups excluding carboxylic acids is 1. The van der Waals surface area contributed by atoms with E-state index in [4.69, 9.17) is 13.9 Å². The Morgan fingerprint density at radius 1 is 1.00 bits per heavy atom. The first-order valence-electron chi connectivity index (χ1n) is 10.5. The highest BCUT2D eigenvalue weighted by Gasteiger charge is 2.27. The molecule has 0 N–H and O–H groups in total. The number of rotatable bonds is 6. The maximum Gasteiger partial charge on any atom is 0.257 e. The molecule has 2 heterocycles. The molecule has 2 aromatic carbocycles. The van der Waals surface area contributed by atoms with Crippen LogP contribution in [0.4, 0.5) is 5.88 Å². The van der Waals surface area contributed by atoms with Crippen LogP contribution in [-0.2, 0) is 0 Å². The van der Waals surface area contributed by atoms with E-state index in [2.05, 4.69) is 11.1 Å². The third-order valence-electron chi connectivity index (χ3n) is 5.47. The summed E-state index contributed by atoms with van der Waals surface area (Å²) in [5.41, 5.74) is 1.63. The number of oxazole rings is 1. The van der Waals surface area contributed by atoms with E-state index < -0.39 is 0 Å². The third-order valence-corrected chi connectivity index (χ3v) is 5.47. The number of methoxy groups -OCH3 is 2. The van der Waals surface area contributed by atoms with Gasteiger partial charge in [-0.15, -0.1) is 0 Å². The molecule has 0 saturated carbocycles. The van der Waals surface area contributed by atoms with E-state index >= 15 is 0 Å². The molecule has 1 amide bonds. The highest BCUT2D eigenvalue weighted by molar-refractivity contribution is 5.97.